The minimum Gasteiger partial charge on any atom is -0.324 e. The molecule has 0 amide bonds. The van der Waals surface area contributed by atoms with Crippen LogP contribution in [-0.4, -0.2) is 5.75 Å². The van der Waals surface area contributed by atoms with Crippen LogP contribution in [0.1, 0.15) is 37.8 Å². The Balaban J connectivity index is 2.02. The van der Waals surface area contributed by atoms with E-state index in [0.29, 0.717) is 0 Å². The quantitative estimate of drug-likeness (QED) is 0.786. The molecular weight excluding hydrogens is 202 g/mol. The van der Waals surface area contributed by atoms with Crippen molar-refractivity contribution >= 4 is 11.8 Å². The minimum atomic E-state index is 0.263. The number of benzene rings is 1. The number of hydrogen-bond acceptors (Lipinski definition) is 2. The van der Waals surface area contributed by atoms with Crippen LogP contribution in [0.15, 0.2) is 29.2 Å². The molecule has 0 unspecified atom stereocenters. The van der Waals surface area contributed by atoms with Gasteiger partial charge in [0.25, 0.3) is 0 Å². The average Bonchev–Trinajstić information content (AvgIpc) is 2.16. The molecule has 1 aromatic rings. The summed E-state index contributed by atoms with van der Waals surface area (Å²) in [6.45, 7) is 2.18. The molecule has 0 heterocycles. The van der Waals surface area contributed by atoms with Crippen molar-refractivity contribution in [2.75, 3.05) is 5.75 Å². The highest BCUT2D eigenvalue weighted by atomic mass is 32.2. The number of nitrogens with two attached hydrogens (primary N) is 1. The van der Waals surface area contributed by atoms with Crippen LogP contribution >= 0.6 is 11.8 Å². The van der Waals surface area contributed by atoms with Crippen LogP contribution < -0.4 is 5.73 Å². The highest BCUT2D eigenvalue weighted by Gasteiger charge is 2.25. The van der Waals surface area contributed by atoms with E-state index in [4.69, 9.17) is 5.73 Å². The smallest absolute Gasteiger partial charge is 0.0323 e. The molecule has 82 valence electrons. The van der Waals surface area contributed by atoms with Gasteiger partial charge in [0.1, 0.15) is 0 Å². The molecule has 1 aliphatic rings. The molecule has 1 nitrogen and oxygen atoms in total. The van der Waals surface area contributed by atoms with E-state index < -0.39 is 0 Å². The van der Waals surface area contributed by atoms with Gasteiger partial charge in [-0.3, -0.25) is 0 Å². The maximum absolute atomic E-state index is 6.22. The monoisotopic (exact) mass is 221 g/mol. The predicted molar refractivity (Wildman–Crippen MR) is 67.1 cm³/mol. The van der Waals surface area contributed by atoms with Gasteiger partial charge in [0, 0.05) is 10.9 Å². The first-order valence-electron chi connectivity index (χ1n) is 5.79. The third-order valence-electron chi connectivity index (χ3n) is 3.23. The lowest BCUT2D eigenvalue weighted by atomic mass is 9.78. The van der Waals surface area contributed by atoms with Crippen LogP contribution in [0.25, 0.3) is 0 Å². The molecule has 2 heteroatoms. The van der Waals surface area contributed by atoms with Crippen molar-refractivity contribution in [3.8, 4) is 0 Å². The van der Waals surface area contributed by atoms with Crippen molar-refractivity contribution in [1.29, 1.82) is 0 Å². The van der Waals surface area contributed by atoms with E-state index >= 15 is 0 Å². The topological polar surface area (TPSA) is 26.0 Å². The van der Waals surface area contributed by atoms with Gasteiger partial charge in [-0.05, 0) is 42.2 Å². The Labute approximate surface area is 96.4 Å². The molecule has 15 heavy (non-hydrogen) atoms. The molecule has 1 saturated carbocycles. The lowest BCUT2D eigenvalue weighted by molar-refractivity contribution is 0.264. The summed E-state index contributed by atoms with van der Waals surface area (Å²) in [5, 5.41) is 0. The molecule has 0 saturated heterocycles. The summed E-state index contributed by atoms with van der Waals surface area (Å²) in [6.07, 6.45) is 3.99. The molecule has 0 aliphatic heterocycles. The zero-order valence-electron chi connectivity index (χ0n) is 9.28. The molecule has 1 aliphatic carbocycles. The van der Waals surface area contributed by atoms with E-state index in [1.807, 2.05) is 11.8 Å². The lowest BCUT2D eigenvalue weighted by Gasteiger charge is -2.31. The maximum Gasteiger partial charge on any atom is 0.0323 e. The van der Waals surface area contributed by atoms with Gasteiger partial charge in [-0.1, -0.05) is 25.5 Å². The average molecular weight is 221 g/mol. The van der Waals surface area contributed by atoms with Gasteiger partial charge >= 0.3 is 0 Å². The van der Waals surface area contributed by atoms with E-state index in [1.54, 1.807) is 0 Å². The van der Waals surface area contributed by atoms with Gasteiger partial charge < -0.3 is 5.73 Å². The third kappa shape index (κ3) is 2.56. The van der Waals surface area contributed by atoms with Gasteiger partial charge in [0.2, 0.25) is 0 Å². The van der Waals surface area contributed by atoms with Crippen molar-refractivity contribution in [3.05, 3.63) is 29.8 Å². The van der Waals surface area contributed by atoms with E-state index in [1.165, 1.54) is 29.7 Å². The summed E-state index contributed by atoms with van der Waals surface area (Å²) < 4.78 is 0. The second kappa shape index (κ2) is 5.04. The molecule has 0 bridgehead atoms. The summed E-state index contributed by atoms with van der Waals surface area (Å²) in [4.78, 5) is 1.35. The first-order chi connectivity index (χ1) is 7.31. The third-order valence-corrected chi connectivity index (χ3v) is 4.13. The van der Waals surface area contributed by atoms with Crippen LogP contribution in [0.4, 0.5) is 0 Å². The van der Waals surface area contributed by atoms with Crippen molar-refractivity contribution in [2.24, 2.45) is 11.7 Å². The van der Waals surface area contributed by atoms with Crippen molar-refractivity contribution < 1.29 is 0 Å². The second-order valence-electron chi connectivity index (χ2n) is 4.22. The summed E-state index contributed by atoms with van der Waals surface area (Å²) in [5.74, 6) is 1.86. The Morgan fingerprint density at radius 2 is 2.00 bits per heavy atom. The summed E-state index contributed by atoms with van der Waals surface area (Å²) in [7, 11) is 0. The zero-order chi connectivity index (χ0) is 10.7. The highest BCUT2D eigenvalue weighted by Crippen LogP contribution is 2.36. The minimum absolute atomic E-state index is 0.263. The number of thioether (sulfide) groups is 1. The normalized spacial score (nSPS) is 18.5. The summed E-state index contributed by atoms with van der Waals surface area (Å²) in [6, 6.07) is 9.05. The van der Waals surface area contributed by atoms with Crippen LogP contribution in [0.5, 0.6) is 0 Å². The van der Waals surface area contributed by atoms with Gasteiger partial charge in [-0.2, -0.15) is 0 Å². The zero-order valence-corrected chi connectivity index (χ0v) is 10.1. The van der Waals surface area contributed by atoms with Gasteiger partial charge in [-0.15, -0.1) is 11.8 Å². The first-order valence-corrected chi connectivity index (χ1v) is 6.78. The molecule has 1 fully saturated rings. The van der Waals surface area contributed by atoms with E-state index in [0.717, 1.165) is 11.7 Å². The molecule has 2 N–H and O–H groups in total. The van der Waals surface area contributed by atoms with Gasteiger partial charge in [0.15, 0.2) is 0 Å². The Kier molecular flexibility index (Phi) is 3.71. The first kappa shape index (κ1) is 11.0. The molecule has 1 aromatic carbocycles. The van der Waals surface area contributed by atoms with Crippen LogP contribution in [-0.2, 0) is 0 Å². The fourth-order valence-electron chi connectivity index (χ4n) is 2.02. The van der Waals surface area contributed by atoms with Gasteiger partial charge in [-0.25, -0.2) is 0 Å². The highest BCUT2D eigenvalue weighted by molar-refractivity contribution is 7.99. The standard InChI is InChI=1S/C13H19NS/c1-2-15-12-8-6-11(7-9-12)13(14)10-4-3-5-10/h6-10,13H,2-5,14H2,1H3/t13-/m1/s1. The molecule has 0 radical (unpaired) electrons. The number of rotatable bonds is 4. The van der Waals surface area contributed by atoms with Crippen molar-refractivity contribution in [2.45, 2.75) is 37.1 Å². The van der Waals surface area contributed by atoms with E-state index in [2.05, 4.69) is 31.2 Å². The van der Waals surface area contributed by atoms with E-state index in [9.17, 15) is 0 Å². The molecule has 2 rings (SSSR count). The molecule has 0 aromatic heterocycles. The second-order valence-corrected chi connectivity index (χ2v) is 5.56. The Morgan fingerprint density at radius 3 is 2.47 bits per heavy atom. The SMILES string of the molecule is CCSc1ccc([C@H](N)C2CCC2)cc1. The van der Waals surface area contributed by atoms with Crippen LogP contribution in [0, 0.1) is 5.92 Å². The van der Waals surface area contributed by atoms with Crippen molar-refractivity contribution in [3.63, 3.8) is 0 Å². The fraction of sp³-hybridized carbons (Fsp3) is 0.538. The van der Waals surface area contributed by atoms with Crippen LogP contribution in [0.3, 0.4) is 0 Å². The van der Waals surface area contributed by atoms with Gasteiger partial charge in [0.05, 0.1) is 0 Å². The predicted octanol–water partition coefficient (Wildman–Crippen LogP) is 3.60. The maximum atomic E-state index is 6.22. The number of hydrogen-bond donors (Lipinski definition) is 1. The Morgan fingerprint density at radius 1 is 1.33 bits per heavy atom. The van der Waals surface area contributed by atoms with Crippen LogP contribution in [0.2, 0.25) is 0 Å². The largest absolute Gasteiger partial charge is 0.324 e. The summed E-state index contributed by atoms with van der Waals surface area (Å²) in [5.41, 5.74) is 7.52. The Bertz CT molecular complexity index is 303. The van der Waals surface area contributed by atoms with E-state index in [-0.39, 0.29) is 6.04 Å². The molecule has 1 atom stereocenters. The summed E-state index contributed by atoms with van der Waals surface area (Å²) >= 11 is 1.88. The lowest BCUT2D eigenvalue weighted by Crippen LogP contribution is -2.26. The molecule has 0 spiro atoms. The van der Waals surface area contributed by atoms with Crippen molar-refractivity contribution in [1.82, 2.24) is 0 Å². The Hall–Kier alpha value is -0.470. The molecular formula is C13H19NS. The fourth-order valence-corrected chi connectivity index (χ4v) is 2.69.